The van der Waals surface area contributed by atoms with E-state index in [0.717, 1.165) is 0 Å². The van der Waals surface area contributed by atoms with Crippen molar-refractivity contribution in [3.05, 3.63) is 29.8 Å². The first kappa shape index (κ1) is 10.4. The molecule has 1 aromatic carbocycles. The van der Waals surface area contributed by atoms with E-state index in [2.05, 4.69) is 10.8 Å². The third-order valence-corrected chi connectivity index (χ3v) is 1.32. The number of benzene rings is 1. The number of hydrogen-bond donors (Lipinski definition) is 0. The van der Waals surface area contributed by atoms with E-state index in [1.165, 1.54) is 18.2 Å². The van der Waals surface area contributed by atoms with Gasteiger partial charge in [0.15, 0.2) is 6.61 Å². The number of nitriles is 1. The SMILES string of the molecule is N#Cc1[c]cccc1OCC(F)(F)F. The largest absolute Gasteiger partial charge is 0.483 e. The summed E-state index contributed by atoms with van der Waals surface area (Å²) in [6.07, 6.45) is -4.40. The lowest BCUT2D eigenvalue weighted by molar-refractivity contribution is -0.153. The maximum absolute atomic E-state index is 11.8. The molecule has 0 saturated carbocycles. The second kappa shape index (κ2) is 4.01. The van der Waals surface area contributed by atoms with E-state index in [1.807, 2.05) is 0 Å². The lowest BCUT2D eigenvalue weighted by Crippen LogP contribution is -2.19. The molecule has 0 aliphatic rings. The van der Waals surface area contributed by atoms with E-state index in [-0.39, 0.29) is 11.3 Å². The van der Waals surface area contributed by atoms with Crippen molar-refractivity contribution in [1.29, 1.82) is 5.26 Å². The number of ether oxygens (including phenoxy) is 1. The molecule has 0 fully saturated rings. The Morgan fingerprint density at radius 2 is 2.21 bits per heavy atom. The normalized spacial score (nSPS) is 10.7. The fourth-order valence-corrected chi connectivity index (χ4v) is 0.789. The van der Waals surface area contributed by atoms with E-state index in [0.29, 0.717) is 0 Å². The molecular weight excluding hydrogens is 195 g/mol. The van der Waals surface area contributed by atoms with Crippen LogP contribution in [0, 0.1) is 17.4 Å². The zero-order valence-electron chi connectivity index (χ0n) is 6.93. The average Bonchev–Trinajstić information content (AvgIpc) is 2.14. The monoisotopic (exact) mass is 200 g/mol. The molecular formula is C9H5F3NO. The number of halogens is 3. The summed E-state index contributed by atoms with van der Waals surface area (Å²) in [6, 6.07) is 8.33. The summed E-state index contributed by atoms with van der Waals surface area (Å²) in [5.74, 6) is -0.104. The molecule has 0 atom stereocenters. The van der Waals surface area contributed by atoms with Gasteiger partial charge in [-0.1, -0.05) is 12.1 Å². The zero-order chi connectivity index (χ0) is 10.6. The molecule has 0 aliphatic heterocycles. The van der Waals surface area contributed by atoms with Crippen molar-refractivity contribution >= 4 is 0 Å². The molecule has 0 unspecified atom stereocenters. The van der Waals surface area contributed by atoms with Crippen molar-refractivity contribution in [2.45, 2.75) is 6.18 Å². The minimum atomic E-state index is -4.40. The maximum atomic E-state index is 11.8. The standard InChI is InChI=1S/C9H5F3NO/c10-9(11,12)6-14-8-4-2-1-3-7(8)5-13/h1-2,4H,6H2. The number of hydrogen-bond acceptors (Lipinski definition) is 2. The minimum absolute atomic E-state index is 0.0308. The first-order chi connectivity index (χ1) is 6.53. The van der Waals surface area contributed by atoms with E-state index < -0.39 is 12.8 Å². The quantitative estimate of drug-likeness (QED) is 0.733. The predicted molar refractivity (Wildman–Crippen MR) is 41.5 cm³/mol. The molecule has 0 N–H and O–H groups in total. The number of nitrogens with zero attached hydrogens (tertiary/aromatic N) is 1. The van der Waals surface area contributed by atoms with Gasteiger partial charge in [0.1, 0.15) is 17.4 Å². The molecule has 73 valence electrons. The van der Waals surface area contributed by atoms with Crippen LogP contribution in [0.1, 0.15) is 5.56 Å². The van der Waals surface area contributed by atoms with Gasteiger partial charge in [-0.05, 0) is 6.07 Å². The Morgan fingerprint density at radius 1 is 1.50 bits per heavy atom. The summed E-state index contributed by atoms with van der Waals surface area (Å²) in [5.41, 5.74) is -0.0308. The number of alkyl halides is 3. The highest BCUT2D eigenvalue weighted by atomic mass is 19.4. The Hall–Kier alpha value is -1.70. The van der Waals surface area contributed by atoms with Crippen molar-refractivity contribution < 1.29 is 17.9 Å². The summed E-state index contributed by atoms with van der Waals surface area (Å²) < 4.78 is 39.7. The molecule has 14 heavy (non-hydrogen) atoms. The Labute approximate surface area is 78.5 Å². The molecule has 0 heterocycles. The van der Waals surface area contributed by atoms with Gasteiger partial charge in [-0.2, -0.15) is 18.4 Å². The molecule has 1 rings (SSSR count). The zero-order valence-corrected chi connectivity index (χ0v) is 6.93. The fourth-order valence-electron chi connectivity index (χ4n) is 0.789. The van der Waals surface area contributed by atoms with Gasteiger partial charge in [0.25, 0.3) is 0 Å². The molecule has 0 amide bonds. The molecule has 0 saturated heterocycles. The van der Waals surface area contributed by atoms with Gasteiger partial charge in [0.05, 0.1) is 0 Å². The molecule has 5 heteroatoms. The van der Waals surface area contributed by atoms with Crippen LogP contribution in [-0.4, -0.2) is 12.8 Å². The summed E-state index contributed by atoms with van der Waals surface area (Å²) in [5, 5.41) is 8.51. The highest BCUT2D eigenvalue weighted by Crippen LogP contribution is 2.20. The third-order valence-electron chi connectivity index (χ3n) is 1.32. The Balaban J connectivity index is 2.73. The average molecular weight is 200 g/mol. The molecule has 0 aliphatic carbocycles. The second-order valence-corrected chi connectivity index (χ2v) is 2.43. The van der Waals surface area contributed by atoms with Crippen LogP contribution in [-0.2, 0) is 0 Å². The van der Waals surface area contributed by atoms with Crippen molar-refractivity contribution in [3.63, 3.8) is 0 Å². The van der Waals surface area contributed by atoms with Gasteiger partial charge in [-0.25, -0.2) is 0 Å². The van der Waals surface area contributed by atoms with Crippen LogP contribution in [0.5, 0.6) is 5.75 Å². The Bertz CT molecular complexity index is 354. The topological polar surface area (TPSA) is 33.0 Å². The molecule has 1 aromatic rings. The summed E-state index contributed by atoms with van der Waals surface area (Å²) in [6.45, 7) is -1.40. The predicted octanol–water partition coefficient (Wildman–Crippen LogP) is 2.30. The lowest BCUT2D eigenvalue weighted by Gasteiger charge is -2.09. The van der Waals surface area contributed by atoms with Crippen molar-refractivity contribution in [2.75, 3.05) is 6.61 Å². The van der Waals surface area contributed by atoms with Crippen molar-refractivity contribution in [3.8, 4) is 11.8 Å². The molecule has 0 spiro atoms. The third kappa shape index (κ3) is 2.98. The van der Waals surface area contributed by atoms with Crippen molar-refractivity contribution in [2.24, 2.45) is 0 Å². The van der Waals surface area contributed by atoms with Gasteiger partial charge < -0.3 is 4.74 Å². The van der Waals surface area contributed by atoms with Gasteiger partial charge in [0.2, 0.25) is 0 Å². The second-order valence-electron chi connectivity index (χ2n) is 2.43. The maximum Gasteiger partial charge on any atom is 0.422 e. The Kier molecular flexibility index (Phi) is 2.97. The summed E-state index contributed by atoms with van der Waals surface area (Å²) in [4.78, 5) is 0. The first-order valence-corrected chi connectivity index (χ1v) is 3.63. The van der Waals surface area contributed by atoms with Gasteiger partial charge in [0, 0.05) is 6.07 Å². The van der Waals surface area contributed by atoms with Crippen LogP contribution in [0.4, 0.5) is 13.2 Å². The van der Waals surface area contributed by atoms with Crippen LogP contribution in [0.3, 0.4) is 0 Å². The van der Waals surface area contributed by atoms with Gasteiger partial charge >= 0.3 is 6.18 Å². The van der Waals surface area contributed by atoms with Crippen LogP contribution < -0.4 is 4.74 Å². The smallest absolute Gasteiger partial charge is 0.422 e. The van der Waals surface area contributed by atoms with E-state index in [4.69, 9.17) is 5.26 Å². The van der Waals surface area contributed by atoms with Crippen LogP contribution in [0.2, 0.25) is 0 Å². The highest BCUT2D eigenvalue weighted by molar-refractivity contribution is 5.41. The van der Waals surface area contributed by atoms with Crippen LogP contribution >= 0.6 is 0 Å². The fraction of sp³-hybridized carbons (Fsp3) is 0.222. The summed E-state index contributed by atoms with van der Waals surface area (Å²) >= 11 is 0. The molecule has 1 radical (unpaired) electrons. The van der Waals surface area contributed by atoms with E-state index in [1.54, 1.807) is 6.07 Å². The molecule has 2 nitrogen and oxygen atoms in total. The minimum Gasteiger partial charge on any atom is -0.483 e. The molecule has 0 bridgehead atoms. The van der Waals surface area contributed by atoms with Gasteiger partial charge in [-0.15, -0.1) is 0 Å². The van der Waals surface area contributed by atoms with Crippen LogP contribution in [0.15, 0.2) is 18.2 Å². The van der Waals surface area contributed by atoms with Gasteiger partial charge in [-0.3, -0.25) is 0 Å². The number of rotatable bonds is 2. The van der Waals surface area contributed by atoms with Crippen molar-refractivity contribution in [1.82, 2.24) is 0 Å². The van der Waals surface area contributed by atoms with E-state index in [9.17, 15) is 13.2 Å². The van der Waals surface area contributed by atoms with E-state index >= 15 is 0 Å². The summed E-state index contributed by atoms with van der Waals surface area (Å²) in [7, 11) is 0. The Morgan fingerprint density at radius 3 is 2.79 bits per heavy atom. The molecule has 0 aromatic heterocycles. The first-order valence-electron chi connectivity index (χ1n) is 3.63. The highest BCUT2D eigenvalue weighted by Gasteiger charge is 2.28. The lowest BCUT2D eigenvalue weighted by atomic mass is 10.2. The van der Waals surface area contributed by atoms with Crippen LogP contribution in [0.25, 0.3) is 0 Å².